The second-order valence-electron chi connectivity index (χ2n) is 7.25. The van der Waals surface area contributed by atoms with Crippen LogP contribution in [-0.4, -0.2) is 55.9 Å². The van der Waals surface area contributed by atoms with Crippen molar-refractivity contribution < 1.29 is 18.4 Å². The maximum absolute atomic E-state index is 13.5. The SMILES string of the molecule is CN(C)CCN(C(C(=O)NO)c1ccccc1)S(=O)(=O)Cc1ccc2sccc2c1. The molecule has 3 aromatic rings. The Kier molecular flexibility index (Phi) is 7.22. The lowest BCUT2D eigenvalue weighted by atomic mass is 10.1. The van der Waals surface area contributed by atoms with Crippen LogP contribution in [0.15, 0.2) is 60.0 Å². The Morgan fingerprint density at radius 1 is 1.10 bits per heavy atom. The number of sulfonamides is 1. The molecule has 0 spiro atoms. The summed E-state index contributed by atoms with van der Waals surface area (Å²) in [5.41, 5.74) is 2.76. The fraction of sp³-hybridized carbons (Fsp3) is 0.286. The lowest BCUT2D eigenvalue weighted by Crippen LogP contribution is -2.45. The zero-order valence-corrected chi connectivity index (χ0v) is 18.5. The van der Waals surface area contributed by atoms with Crippen LogP contribution < -0.4 is 5.48 Å². The molecule has 0 saturated heterocycles. The average molecular weight is 448 g/mol. The largest absolute Gasteiger partial charge is 0.308 e. The summed E-state index contributed by atoms with van der Waals surface area (Å²) in [5, 5.41) is 12.3. The van der Waals surface area contributed by atoms with Gasteiger partial charge in [0.15, 0.2) is 0 Å². The van der Waals surface area contributed by atoms with Crippen molar-refractivity contribution in [2.24, 2.45) is 0 Å². The van der Waals surface area contributed by atoms with Gasteiger partial charge in [-0.2, -0.15) is 4.31 Å². The quantitative estimate of drug-likeness (QED) is 0.389. The van der Waals surface area contributed by atoms with Crippen molar-refractivity contribution >= 4 is 37.4 Å². The molecule has 0 aliphatic carbocycles. The summed E-state index contributed by atoms with van der Waals surface area (Å²) in [7, 11) is -0.223. The van der Waals surface area contributed by atoms with Crippen LogP contribution in [0.3, 0.4) is 0 Å². The third kappa shape index (κ3) is 5.24. The Balaban J connectivity index is 1.99. The van der Waals surface area contributed by atoms with Gasteiger partial charge in [0.1, 0.15) is 6.04 Å². The number of rotatable bonds is 9. The maximum atomic E-state index is 13.5. The van der Waals surface area contributed by atoms with Crippen LogP contribution in [0.2, 0.25) is 0 Å². The standard InChI is InChI=1S/C21H25N3O4S2/c1-23(2)11-12-24(20(21(25)22-26)17-6-4-3-5-7-17)30(27,28)15-16-8-9-19-18(14-16)10-13-29-19/h3-10,13-14,20,26H,11-12,15H2,1-2H3,(H,22,25). The molecule has 2 aromatic carbocycles. The highest BCUT2D eigenvalue weighted by Crippen LogP contribution is 2.28. The second kappa shape index (κ2) is 9.67. The number of hydroxylamine groups is 1. The highest BCUT2D eigenvalue weighted by atomic mass is 32.2. The maximum Gasteiger partial charge on any atom is 0.266 e. The minimum absolute atomic E-state index is 0.100. The number of nitrogens with zero attached hydrogens (tertiary/aromatic N) is 2. The highest BCUT2D eigenvalue weighted by molar-refractivity contribution is 7.88. The van der Waals surface area contributed by atoms with E-state index in [2.05, 4.69) is 0 Å². The predicted octanol–water partition coefficient (Wildman–Crippen LogP) is 2.84. The summed E-state index contributed by atoms with van der Waals surface area (Å²) in [6.45, 7) is 0.522. The Hall–Kier alpha value is -2.30. The molecule has 0 aliphatic rings. The summed E-state index contributed by atoms with van der Waals surface area (Å²) in [6, 6.07) is 14.9. The van der Waals surface area contributed by atoms with E-state index >= 15 is 0 Å². The van der Waals surface area contributed by atoms with Crippen molar-refractivity contribution in [1.29, 1.82) is 0 Å². The van der Waals surface area contributed by atoms with E-state index in [-0.39, 0.29) is 12.3 Å². The summed E-state index contributed by atoms with van der Waals surface area (Å²) < 4.78 is 29.2. The predicted molar refractivity (Wildman–Crippen MR) is 119 cm³/mol. The third-order valence-corrected chi connectivity index (χ3v) is 7.46. The molecule has 0 radical (unpaired) electrons. The average Bonchev–Trinajstić information content (AvgIpc) is 3.18. The summed E-state index contributed by atoms with van der Waals surface area (Å²) in [5.74, 6) is -1.04. The van der Waals surface area contributed by atoms with Gasteiger partial charge < -0.3 is 4.90 Å². The van der Waals surface area contributed by atoms with Crippen LogP contribution in [-0.2, 0) is 20.6 Å². The van der Waals surface area contributed by atoms with Crippen LogP contribution in [0.1, 0.15) is 17.2 Å². The Morgan fingerprint density at radius 2 is 1.83 bits per heavy atom. The minimum Gasteiger partial charge on any atom is -0.308 e. The van der Waals surface area contributed by atoms with E-state index in [0.29, 0.717) is 17.7 Å². The topological polar surface area (TPSA) is 89.9 Å². The third-order valence-electron chi connectivity index (χ3n) is 4.75. The van der Waals surface area contributed by atoms with Crippen molar-refractivity contribution in [2.75, 3.05) is 27.2 Å². The molecule has 30 heavy (non-hydrogen) atoms. The lowest BCUT2D eigenvalue weighted by molar-refractivity contribution is -0.133. The van der Waals surface area contributed by atoms with Gasteiger partial charge in [0.05, 0.1) is 5.75 Å². The Bertz CT molecular complexity index is 1100. The van der Waals surface area contributed by atoms with E-state index in [1.54, 1.807) is 53.2 Å². The van der Waals surface area contributed by atoms with E-state index in [9.17, 15) is 18.4 Å². The van der Waals surface area contributed by atoms with Gasteiger partial charge in [-0.3, -0.25) is 10.0 Å². The van der Waals surface area contributed by atoms with E-state index in [1.165, 1.54) is 4.31 Å². The molecular formula is C21H25N3O4S2. The zero-order chi connectivity index (χ0) is 21.7. The Labute approximate surface area is 180 Å². The number of amides is 1. The molecule has 160 valence electrons. The monoisotopic (exact) mass is 447 g/mol. The first-order valence-electron chi connectivity index (χ1n) is 9.41. The second-order valence-corrected chi connectivity index (χ2v) is 10.1. The number of benzene rings is 2. The molecule has 0 fully saturated rings. The highest BCUT2D eigenvalue weighted by Gasteiger charge is 2.36. The molecule has 2 N–H and O–H groups in total. The van der Waals surface area contributed by atoms with Gasteiger partial charge in [-0.25, -0.2) is 13.9 Å². The number of nitrogens with one attached hydrogen (secondary N) is 1. The van der Waals surface area contributed by atoms with Crippen molar-refractivity contribution in [3.05, 3.63) is 71.1 Å². The number of likely N-dealkylation sites (N-methyl/N-ethyl adjacent to an activating group) is 1. The molecule has 0 bridgehead atoms. The van der Waals surface area contributed by atoms with Gasteiger partial charge in [-0.05, 0) is 54.2 Å². The number of thiophene rings is 1. The van der Waals surface area contributed by atoms with Crippen LogP contribution in [0.4, 0.5) is 0 Å². The van der Waals surface area contributed by atoms with Gasteiger partial charge in [-0.1, -0.05) is 36.4 Å². The molecule has 1 amide bonds. The molecule has 3 rings (SSSR count). The van der Waals surface area contributed by atoms with Gasteiger partial charge in [0, 0.05) is 17.8 Å². The number of carbonyl (C=O) groups excluding carboxylic acids is 1. The van der Waals surface area contributed by atoms with Crippen molar-refractivity contribution in [1.82, 2.24) is 14.7 Å². The number of hydrogen-bond acceptors (Lipinski definition) is 6. The molecule has 0 aliphatic heterocycles. The number of fused-ring (bicyclic) bond motifs is 1. The van der Waals surface area contributed by atoms with Crippen molar-refractivity contribution in [3.8, 4) is 0 Å². The van der Waals surface area contributed by atoms with E-state index in [1.807, 2.05) is 42.6 Å². The van der Waals surface area contributed by atoms with Gasteiger partial charge in [0.25, 0.3) is 5.91 Å². The molecule has 0 saturated carbocycles. The van der Waals surface area contributed by atoms with Crippen molar-refractivity contribution in [3.63, 3.8) is 0 Å². The Morgan fingerprint density at radius 3 is 2.50 bits per heavy atom. The summed E-state index contributed by atoms with van der Waals surface area (Å²) in [6.07, 6.45) is 0. The molecule has 1 unspecified atom stereocenters. The molecular weight excluding hydrogens is 422 g/mol. The molecule has 9 heteroatoms. The fourth-order valence-electron chi connectivity index (χ4n) is 3.27. The number of hydrogen-bond donors (Lipinski definition) is 2. The van der Waals surface area contributed by atoms with E-state index in [4.69, 9.17) is 0 Å². The number of carbonyl (C=O) groups is 1. The molecule has 1 heterocycles. The van der Waals surface area contributed by atoms with E-state index in [0.717, 1.165) is 10.1 Å². The minimum atomic E-state index is -3.89. The van der Waals surface area contributed by atoms with Gasteiger partial charge >= 0.3 is 0 Å². The zero-order valence-electron chi connectivity index (χ0n) is 16.9. The first-order valence-corrected chi connectivity index (χ1v) is 11.9. The smallest absolute Gasteiger partial charge is 0.266 e. The van der Waals surface area contributed by atoms with E-state index < -0.39 is 22.0 Å². The molecule has 1 atom stereocenters. The van der Waals surface area contributed by atoms with Gasteiger partial charge in [0.2, 0.25) is 10.0 Å². The van der Waals surface area contributed by atoms with Gasteiger partial charge in [-0.15, -0.1) is 11.3 Å². The van der Waals surface area contributed by atoms with Crippen LogP contribution in [0, 0.1) is 0 Å². The normalized spacial score (nSPS) is 13.1. The first kappa shape index (κ1) is 22.4. The lowest BCUT2D eigenvalue weighted by Gasteiger charge is -2.30. The van der Waals surface area contributed by atoms with Crippen LogP contribution in [0.25, 0.3) is 10.1 Å². The molecule has 7 nitrogen and oxygen atoms in total. The fourth-order valence-corrected chi connectivity index (χ4v) is 5.71. The van der Waals surface area contributed by atoms with Crippen molar-refractivity contribution in [2.45, 2.75) is 11.8 Å². The summed E-state index contributed by atoms with van der Waals surface area (Å²) in [4.78, 5) is 14.4. The van der Waals surface area contributed by atoms with Crippen LogP contribution in [0.5, 0.6) is 0 Å². The summed E-state index contributed by atoms with van der Waals surface area (Å²) >= 11 is 1.59. The molecule has 1 aromatic heterocycles. The van der Waals surface area contributed by atoms with Crippen LogP contribution >= 0.6 is 11.3 Å². The first-order chi connectivity index (χ1) is 14.3.